The van der Waals surface area contributed by atoms with Crippen LogP contribution in [-0.4, -0.2) is 17.7 Å². The number of hydrogen-bond donors (Lipinski definition) is 1. The van der Waals surface area contributed by atoms with Crippen LogP contribution in [0.1, 0.15) is 24.0 Å². The molecule has 0 heterocycles. The average Bonchev–Trinajstić information content (AvgIpc) is 2.55. The van der Waals surface area contributed by atoms with Gasteiger partial charge in [0.1, 0.15) is 5.75 Å². The first kappa shape index (κ1) is 16.0. The Hall–Kier alpha value is -2.39. The Morgan fingerprint density at radius 3 is 2.41 bits per heavy atom. The number of benzene rings is 2. The van der Waals surface area contributed by atoms with E-state index in [0.29, 0.717) is 5.75 Å². The van der Waals surface area contributed by atoms with Crippen molar-refractivity contribution in [3.63, 3.8) is 0 Å². The molecule has 2 aromatic rings. The number of unbranched alkanes of at least 4 members (excludes halogenated alkanes) is 1. The van der Waals surface area contributed by atoms with Gasteiger partial charge in [0, 0.05) is 12.7 Å². The van der Waals surface area contributed by atoms with Crippen LogP contribution < -0.4 is 4.74 Å². The van der Waals surface area contributed by atoms with Gasteiger partial charge in [-0.25, -0.2) is 4.79 Å². The van der Waals surface area contributed by atoms with E-state index >= 15 is 0 Å². The molecule has 0 aliphatic rings. The minimum absolute atomic E-state index is 0.240. The highest BCUT2D eigenvalue weighted by Gasteiger charge is 1.99. The Morgan fingerprint density at radius 2 is 1.73 bits per heavy atom. The fourth-order valence-electron chi connectivity index (χ4n) is 2.04. The highest BCUT2D eigenvalue weighted by atomic mass is 16.5. The van der Waals surface area contributed by atoms with Crippen molar-refractivity contribution in [1.29, 1.82) is 0 Å². The number of esters is 1. The first-order chi connectivity index (χ1) is 10.8. The molecule has 0 aliphatic heterocycles. The highest BCUT2D eigenvalue weighted by molar-refractivity contribution is 5.88. The number of carbonyl (C=O) groups excluding carboxylic acids is 1. The van der Waals surface area contributed by atoms with Crippen molar-refractivity contribution in [2.75, 3.05) is 6.61 Å². The maximum atomic E-state index is 11.7. The van der Waals surface area contributed by atoms with Crippen LogP contribution >= 0.6 is 0 Å². The Balaban J connectivity index is 1.85. The standard InChI is InChI=1S/C19H20O3/c20-15-5-4-6-16-9-11-17(12-10-16)13-14-19(21)22-18-7-2-1-3-8-18/h1-3,7-14,20H,4-6,15H2. The number of aryl methyl sites for hydroxylation is 1. The fraction of sp³-hybridized carbons (Fsp3) is 0.211. The van der Waals surface area contributed by atoms with Gasteiger partial charge in [0.05, 0.1) is 0 Å². The van der Waals surface area contributed by atoms with Crippen molar-refractivity contribution in [2.45, 2.75) is 19.3 Å². The van der Waals surface area contributed by atoms with Crippen molar-refractivity contribution in [3.8, 4) is 5.75 Å². The zero-order valence-corrected chi connectivity index (χ0v) is 12.4. The Kier molecular flexibility index (Phi) is 6.39. The van der Waals surface area contributed by atoms with Crippen LogP contribution in [0.5, 0.6) is 5.75 Å². The molecule has 0 saturated heterocycles. The van der Waals surface area contributed by atoms with Crippen LogP contribution in [0.2, 0.25) is 0 Å². The van der Waals surface area contributed by atoms with Crippen LogP contribution in [0.3, 0.4) is 0 Å². The maximum absolute atomic E-state index is 11.7. The smallest absolute Gasteiger partial charge is 0.336 e. The van der Waals surface area contributed by atoms with Crippen molar-refractivity contribution in [2.24, 2.45) is 0 Å². The Morgan fingerprint density at radius 1 is 1.00 bits per heavy atom. The summed E-state index contributed by atoms with van der Waals surface area (Å²) in [5, 5.41) is 8.76. The van der Waals surface area contributed by atoms with E-state index in [1.165, 1.54) is 11.6 Å². The largest absolute Gasteiger partial charge is 0.423 e. The molecule has 2 rings (SSSR count). The van der Waals surface area contributed by atoms with Crippen LogP contribution in [0.25, 0.3) is 6.08 Å². The zero-order chi connectivity index (χ0) is 15.6. The SMILES string of the molecule is O=C(C=Cc1ccc(CCCCO)cc1)Oc1ccccc1. The summed E-state index contributed by atoms with van der Waals surface area (Å²) in [5.41, 5.74) is 2.19. The second kappa shape index (κ2) is 8.80. The molecule has 3 heteroatoms. The lowest BCUT2D eigenvalue weighted by molar-refractivity contribution is -0.128. The molecule has 0 spiro atoms. The number of ether oxygens (including phenoxy) is 1. The third kappa shape index (κ3) is 5.54. The van der Waals surface area contributed by atoms with Crippen LogP contribution in [0.15, 0.2) is 60.7 Å². The molecular weight excluding hydrogens is 276 g/mol. The van der Waals surface area contributed by atoms with E-state index in [1.54, 1.807) is 18.2 Å². The lowest BCUT2D eigenvalue weighted by Crippen LogP contribution is -2.03. The molecule has 114 valence electrons. The molecule has 22 heavy (non-hydrogen) atoms. The van der Waals surface area contributed by atoms with E-state index in [9.17, 15) is 4.79 Å². The summed E-state index contributed by atoms with van der Waals surface area (Å²) in [6, 6.07) is 17.0. The summed E-state index contributed by atoms with van der Waals surface area (Å²) in [6.45, 7) is 0.240. The van der Waals surface area contributed by atoms with Crippen molar-refractivity contribution in [3.05, 3.63) is 71.8 Å². The first-order valence-electron chi connectivity index (χ1n) is 7.42. The summed E-state index contributed by atoms with van der Waals surface area (Å²) < 4.78 is 5.18. The Labute approximate surface area is 130 Å². The molecule has 0 bridgehead atoms. The monoisotopic (exact) mass is 296 g/mol. The van der Waals surface area contributed by atoms with Gasteiger partial charge in [-0.2, -0.15) is 0 Å². The van der Waals surface area contributed by atoms with Gasteiger partial charge in [-0.05, 0) is 48.6 Å². The lowest BCUT2D eigenvalue weighted by atomic mass is 10.1. The molecule has 3 nitrogen and oxygen atoms in total. The molecule has 2 aromatic carbocycles. The van der Waals surface area contributed by atoms with E-state index in [4.69, 9.17) is 9.84 Å². The molecule has 0 amide bonds. The molecule has 0 aliphatic carbocycles. The number of carbonyl (C=O) groups is 1. The predicted molar refractivity (Wildman–Crippen MR) is 87.6 cm³/mol. The number of hydrogen-bond acceptors (Lipinski definition) is 3. The quantitative estimate of drug-likeness (QED) is 0.367. The molecule has 0 atom stereocenters. The minimum atomic E-state index is -0.391. The van der Waals surface area contributed by atoms with E-state index < -0.39 is 5.97 Å². The van der Waals surface area contributed by atoms with Gasteiger partial charge < -0.3 is 9.84 Å². The van der Waals surface area contributed by atoms with Gasteiger partial charge >= 0.3 is 5.97 Å². The average molecular weight is 296 g/mol. The van der Waals surface area contributed by atoms with Gasteiger partial charge in [0.25, 0.3) is 0 Å². The van der Waals surface area contributed by atoms with Gasteiger partial charge in [-0.15, -0.1) is 0 Å². The Bertz CT molecular complexity index is 600. The molecule has 0 fully saturated rings. The van der Waals surface area contributed by atoms with E-state index in [1.807, 2.05) is 42.5 Å². The number of aliphatic hydroxyl groups excluding tert-OH is 1. The molecular formula is C19H20O3. The first-order valence-corrected chi connectivity index (χ1v) is 7.42. The second-order valence-corrected chi connectivity index (χ2v) is 4.99. The topological polar surface area (TPSA) is 46.5 Å². The van der Waals surface area contributed by atoms with E-state index in [2.05, 4.69) is 0 Å². The van der Waals surface area contributed by atoms with Crippen molar-refractivity contribution < 1.29 is 14.6 Å². The summed E-state index contributed by atoms with van der Waals surface area (Å²) in [4.78, 5) is 11.7. The summed E-state index contributed by atoms with van der Waals surface area (Å²) in [7, 11) is 0. The summed E-state index contributed by atoms with van der Waals surface area (Å²) >= 11 is 0. The van der Waals surface area contributed by atoms with Crippen molar-refractivity contribution in [1.82, 2.24) is 0 Å². The highest BCUT2D eigenvalue weighted by Crippen LogP contribution is 2.11. The van der Waals surface area contributed by atoms with E-state index in [0.717, 1.165) is 24.8 Å². The normalized spacial score (nSPS) is 10.8. The van der Waals surface area contributed by atoms with Crippen molar-refractivity contribution >= 4 is 12.0 Å². The molecule has 1 N–H and O–H groups in total. The molecule has 0 radical (unpaired) electrons. The van der Waals surface area contributed by atoms with Crippen LogP contribution in [0.4, 0.5) is 0 Å². The molecule has 0 aromatic heterocycles. The maximum Gasteiger partial charge on any atom is 0.336 e. The van der Waals surface area contributed by atoms with Gasteiger partial charge in [-0.3, -0.25) is 0 Å². The van der Waals surface area contributed by atoms with E-state index in [-0.39, 0.29) is 6.61 Å². The van der Waals surface area contributed by atoms with Crippen LogP contribution in [0, 0.1) is 0 Å². The minimum Gasteiger partial charge on any atom is -0.423 e. The van der Waals surface area contributed by atoms with Gasteiger partial charge in [-0.1, -0.05) is 42.5 Å². The molecule has 0 saturated carbocycles. The van der Waals surface area contributed by atoms with Gasteiger partial charge in [0.15, 0.2) is 0 Å². The fourth-order valence-corrected chi connectivity index (χ4v) is 2.04. The summed E-state index contributed by atoms with van der Waals surface area (Å²) in [6.07, 6.45) is 5.93. The number of para-hydroxylation sites is 1. The van der Waals surface area contributed by atoms with Gasteiger partial charge in [0.2, 0.25) is 0 Å². The predicted octanol–water partition coefficient (Wildman–Crippen LogP) is 3.62. The molecule has 0 unspecified atom stereocenters. The number of aliphatic hydroxyl groups is 1. The summed E-state index contributed by atoms with van der Waals surface area (Å²) in [5.74, 6) is 0.148. The third-order valence-electron chi connectivity index (χ3n) is 3.23. The zero-order valence-electron chi connectivity index (χ0n) is 12.4. The number of rotatable bonds is 7. The second-order valence-electron chi connectivity index (χ2n) is 4.99. The third-order valence-corrected chi connectivity index (χ3v) is 3.23. The van der Waals surface area contributed by atoms with Crippen LogP contribution in [-0.2, 0) is 11.2 Å². The lowest BCUT2D eigenvalue weighted by Gasteiger charge is -2.02.